The number of para-hydroxylation sites is 2. The summed E-state index contributed by atoms with van der Waals surface area (Å²) in [6.07, 6.45) is 2.03. The fraction of sp³-hybridized carbons (Fsp3) is 0.421. The smallest absolute Gasteiger partial charge is 0.321 e. The van der Waals surface area contributed by atoms with Gasteiger partial charge in [-0.05, 0) is 74.4 Å². The Bertz CT molecular complexity index is 1650. The van der Waals surface area contributed by atoms with Gasteiger partial charge in [-0.2, -0.15) is 0 Å². The molecule has 3 atom stereocenters. The average Bonchev–Trinajstić information content (AvgIpc) is 3.16. The number of ether oxygens (including phenoxy) is 2. The third-order valence-corrected chi connectivity index (χ3v) is 8.88. The SMILES string of the molecule is COc1ccc(NC(=O)N(C)C[C@H]2Oc3ccc(NC(=O)CCCCCC(=O)Nc4ccccc4N)cc3CC(=O)N([C@H](C)CO)C[C@H]2C)cc1. The van der Waals surface area contributed by atoms with Gasteiger partial charge >= 0.3 is 6.03 Å². The van der Waals surface area contributed by atoms with Crippen molar-refractivity contribution >= 4 is 46.5 Å². The number of carbonyl (C=O) groups is 4. The van der Waals surface area contributed by atoms with Gasteiger partial charge in [-0.3, -0.25) is 14.4 Å². The number of hydrogen-bond donors (Lipinski definition) is 5. The quantitative estimate of drug-likeness (QED) is 0.114. The van der Waals surface area contributed by atoms with Crippen LogP contribution in [0, 0.1) is 5.92 Å². The topological polar surface area (TPSA) is 176 Å². The van der Waals surface area contributed by atoms with Crippen molar-refractivity contribution in [2.75, 3.05) is 55.5 Å². The maximum Gasteiger partial charge on any atom is 0.321 e. The van der Waals surface area contributed by atoms with Crippen LogP contribution in [-0.2, 0) is 20.8 Å². The van der Waals surface area contributed by atoms with E-state index in [0.717, 1.165) is 0 Å². The number of hydrogen-bond acceptors (Lipinski definition) is 8. The first-order chi connectivity index (χ1) is 24.5. The molecule has 0 radical (unpaired) electrons. The molecule has 0 unspecified atom stereocenters. The Morgan fingerprint density at radius 1 is 0.980 bits per heavy atom. The molecule has 1 aliphatic rings. The van der Waals surface area contributed by atoms with Gasteiger partial charge in [0.25, 0.3) is 0 Å². The number of fused-ring (bicyclic) bond motifs is 1. The predicted octanol–water partition coefficient (Wildman–Crippen LogP) is 5.12. The Morgan fingerprint density at radius 3 is 2.31 bits per heavy atom. The Hall–Kier alpha value is -5.30. The predicted molar refractivity (Wildman–Crippen MR) is 198 cm³/mol. The van der Waals surface area contributed by atoms with Gasteiger partial charge in [-0.25, -0.2) is 4.79 Å². The lowest BCUT2D eigenvalue weighted by molar-refractivity contribution is -0.134. The first kappa shape index (κ1) is 38.5. The first-order valence-electron chi connectivity index (χ1n) is 17.3. The summed E-state index contributed by atoms with van der Waals surface area (Å²) in [5.74, 6) is 0.470. The summed E-state index contributed by atoms with van der Waals surface area (Å²) < 4.78 is 11.7. The highest BCUT2D eigenvalue weighted by atomic mass is 16.5. The molecule has 0 saturated heterocycles. The Balaban J connectivity index is 1.37. The number of aliphatic hydroxyl groups is 1. The van der Waals surface area contributed by atoms with Crippen LogP contribution in [0.15, 0.2) is 66.7 Å². The molecule has 6 N–H and O–H groups in total. The average molecular weight is 703 g/mol. The van der Waals surface area contributed by atoms with Crippen molar-refractivity contribution in [3.63, 3.8) is 0 Å². The van der Waals surface area contributed by atoms with Gasteiger partial charge < -0.3 is 46.1 Å². The number of urea groups is 1. The minimum atomic E-state index is -0.498. The van der Waals surface area contributed by atoms with E-state index >= 15 is 0 Å². The molecule has 13 nitrogen and oxygen atoms in total. The first-order valence-corrected chi connectivity index (χ1v) is 17.3. The molecule has 0 saturated carbocycles. The van der Waals surface area contributed by atoms with Gasteiger partial charge in [0.1, 0.15) is 17.6 Å². The molecule has 1 aliphatic heterocycles. The second-order valence-electron chi connectivity index (χ2n) is 13.0. The molecule has 0 fully saturated rings. The summed E-state index contributed by atoms with van der Waals surface area (Å²) in [5, 5.41) is 18.6. The number of aliphatic hydroxyl groups excluding tert-OH is 1. The minimum absolute atomic E-state index is 0.00726. The summed E-state index contributed by atoms with van der Waals surface area (Å²) in [6.45, 7) is 4.08. The summed E-state index contributed by atoms with van der Waals surface area (Å²) >= 11 is 0. The third-order valence-electron chi connectivity index (χ3n) is 8.88. The van der Waals surface area contributed by atoms with Crippen molar-refractivity contribution in [1.82, 2.24) is 9.80 Å². The van der Waals surface area contributed by atoms with Gasteiger partial charge in [0, 0.05) is 49.3 Å². The van der Waals surface area contributed by atoms with Crippen LogP contribution in [0.2, 0.25) is 0 Å². The zero-order valence-corrected chi connectivity index (χ0v) is 29.8. The molecule has 0 bridgehead atoms. The standard InChI is InChI=1S/C38H50N6O7/c1-25-22-44(26(2)24-45)37(48)21-27-20-29(40-35(46)12-6-5-7-13-36(47)42-32-11-9-8-10-31(32)39)16-19-33(27)51-34(25)23-43(3)38(49)41-28-14-17-30(50-4)18-15-28/h8-11,14-20,25-26,34,45H,5-7,12-13,21-24,39H2,1-4H3,(H,40,46)(H,41,49)(H,42,47)/t25-,26-,34-/m1/s1. The van der Waals surface area contributed by atoms with E-state index in [4.69, 9.17) is 15.2 Å². The maximum atomic E-state index is 13.6. The Morgan fingerprint density at radius 2 is 1.65 bits per heavy atom. The Kier molecular flexibility index (Phi) is 14.1. The number of nitrogen functional groups attached to an aromatic ring is 1. The molecular weight excluding hydrogens is 652 g/mol. The number of rotatable bonds is 14. The van der Waals surface area contributed by atoms with Crippen molar-refractivity contribution in [2.24, 2.45) is 5.92 Å². The van der Waals surface area contributed by atoms with Crippen LogP contribution in [-0.4, -0.2) is 84.7 Å². The molecule has 3 aromatic rings. The number of nitrogens with one attached hydrogen (secondary N) is 3. The number of nitrogens with zero attached hydrogens (tertiary/aromatic N) is 2. The second kappa shape index (κ2) is 18.6. The minimum Gasteiger partial charge on any atom is -0.497 e. The molecule has 13 heteroatoms. The van der Waals surface area contributed by atoms with Crippen molar-refractivity contribution in [3.05, 3.63) is 72.3 Å². The van der Waals surface area contributed by atoms with E-state index in [1.807, 2.05) is 6.92 Å². The number of amides is 5. The van der Waals surface area contributed by atoms with E-state index in [0.29, 0.717) is 72.0 Å². The highest BCUT2D eigenvalue weighted by Crippen LogP contribution is 2.30. The van der Waals surface area contributed by atoms with Crippen molar-refractivity contribution in [3.8, 4) is 11.5 Å². The van der Waals surface area contributed by atoms with Crippen LogP contribution < -0.4 is 31.2 Å². The summed E-state index contributed by atoms with van der Waals surface area (Å²) in [7, 11) is 3.25. The van der Waals surface area contributed by atoms with E-state index < -0.39 is 12.1 Å². The fourth-order valence-electron chi connectivity index (χ4n) is 5.77. The summed E-state index contributed by atoms with van der Waals surface area (Å²) in [5.41, 5.74) is 8.70. The zero-order valence-electron chi connectivity index (χ0n) is 29.8. The summed E-state index contributed by atoms with van der Waals surface area (Å²) in [4.78, 5) is 55.0. The van der Waals surface area contributed by atoms with Crippen molar-refractivity contribution < 1.29 is 33.8 Å². The maximum absolute atomic E-state index is 13.6. The molecule has 4 rings (SSSR count). The molecule has 1 heterocycles. The lowest BCUT2D eigenvalue weighted by Crippen LogP contribution is -2.48. The van der Waals surface area contributed by atoms with Crippen LogP contribution in [0.5, 0.6) is 11.5 Å². The number of benzene rings is 3. The van der Waals surface area contributed by atoms with E-state index in [1.54, 1.807) is 92.7 Å². The number of nitrogens with two attached hydrogens (primary N) is 1. The van der Waals surface area contributed by atoms with E-state index in [9.17, 15) is 24.3 Å². The molecule has 0 aromatic heterocycles. The van der Waals surface area contributed by atoms with E-state index in [1.165, 1.54) is 4.90 Å². The Labute approximate surface area is 299 Å². The van der Waals surface area contributed by atoms with Crippen LogP contribution in [0.3, 0.4) is 0 Å². The van der Waals surface area contributed by atoms with E-state index in [2.05, 4.69) is 16.0 Å². The molecule has 3 aromatic carbocycles. The van der Waals surface area contributed by atoms with Gasteiger partial charge in [0.05, 0.1) is 44.1 Å². The highest BCUT2D eigenvalue weighted by Gasteiger charge is 2.32. The van der Waals surface area contributed by atoms with Gasteiger partial charge in [-0.1, -0.05) is 25.5 Å². The van der Waals surface area contributed by atoms with Gasteiger partial charge in [0.15, 0.2) is 0 Å². The fourth-order valence-corrected chi connectivity index (χ4v) is 5.77. The molecular formula is C38H50N6O7. The second-order valence-corrected chi connectivity index (χ2v) is 13.0. The van der Waals surface area contributed by atoms with Crippen LogP contribution in [0.1, 0.15) is 51.5 Å². The summed E-state index contributed by atoms with van der Waals surface area (Å²) in [6, 6.07) is 18.5. The third kappa shape index (κ3) is 11.4. The molecule has 5 amide bonds. The zero-order chi connectivity index (χ0) is 36.9. The largest absolute Gasteiger partial charge is 0.497 e. The van der Waals surface area contributed by atoms with Crippen LogP contribution in [0.25, 0.3) is 0 Å². The molecule has 0 spiro atoms. The van der Waals surface area contributed by atoms with Crippen molar-refractivity contribution in [1.29, 1.82) is 0 Å². The number of anilines is 4. The van der Waals surface area contributed by atoms with Crippen LogP contribution >= 0.6 is 0 Å². The normalized spacial score (nSPS) is 16.3. The number of likely N-dealkylation sites (N-methyl/N-ethyl adjacent to an activating group) is 1. The van der Waals surface area contributed by atoms with Crippen LogP contribution in [0.4, 0.5) is 27.5 Å². The van der Waals surface area contributed by atoms with E-state index in [-0.39, 0.29) is 55.7 Å². The van der Waals surface area contributed by atoms with Crippen molar-refractivity contribution in [2.45, 2.75) is 64.5 Å². The lowest BCUT2D eigenvalue weighted by atomic mass is 10.0. The number of methoxy groups -OCH3 is 1. The number of unbranched alkanes of at least 4 members (excludes halogenated alkanes) is 2. The monoisotopic (exact) mass is 702 g/mol. The number of carbonyl (C=O) groups excluding carboxylic acids is 4. The van der Waals surface area contributed by atoms with Gasteiger partial charge in [-0.15, -0.1) is 0 Å². The van der Waals surface area contributed by atoms with Gasteiger partial charge in [0.2, 0.25) is 17.7 Å². The molecule has 51 heavy (non-hydrogen) atoms. The highest BCUT2D eigenvalue weighted by molar-refractivity contribution is 5.94. The molecule has 0 aliphatic carbocycles. The lowest BCUT2D eigenvalue weighted by Gasteiger charge is -2.34. The molecule has 274 valence electrons.